The maximum Gasteiger partial charge on any atom is 0.138 e. The summed E-state index contributed by atoms with van der Waals surface area (Å²) in [5.41, 5.74) is 2.01. The van der Waals surface area contributed by atoms with Crippen molar-refractivity contribution in [2.75, 3.05) is 13.2 Å². The summed E-state index contributed by atoms with van der Waals surface area (Å²) in [5, 5.41) is 14.0. The van der Waals surface area contributed by atoms with Gasteiger partial charge in [0, 0.05) is 0 Å². The van der Waals surface area contributed by atoms with Crippen LogP contribution in [-0.4, -0.2) is 39.2 Å². The smallest absolute Gasteiger partial charge is 0.138 e. The predicted octanol–water partition coefficient (Wildman–Crippen LogP) is 2.39. The molecule has 24 heavy (non-hydrogen) atoms. The van der Waals surface area contributed by atoms with Crippen molar-refractivity contribution in [3.05, 3.63) is 66.7 Å². The van der Waals surface area contributed by atoms with Crippen molar-refractivity contribution in [3.63, 3.8) is 0 Å². The van der Waals surface area contributed by atoms with Crippen LogP contribution in [0.5, 0.6) is 11.5 Å². The molecule has 0 saturated heterocycles. The first kappa shape index (κ1) is 16.0. The van der Waals surface area contributed by atoms with Crippen LogP contribution in [0, 0.1) is 6.92 Å². The zero-order valence-corrected chi connectivity index (χ0v) is 13.4. The van der Waals surface area contributed by atoms with E-state index in [0.29, 0.717) is 5.75 Å². The van der Waals surface area contributed by atoms with Crippen LogP contribution in [0.1, 0.15) is 5.56 Å². The highest BCUT2D eigenvalue weighted by molar-refractivity contribution is 5.36. The monoisotopic (exact) mass is 325 g/mol. The van der Waals surface area contributed by atoms with Crippen LogP contribution in [0.2, 0.25) is 0 Å². The van der Waals surface area contributed by atoms with Crippen molar-refractivity contribution in [2.45, 2.75) is 13.0 Å². The Bertz CT molecular complexity index is 757. The fourth-order valence-electron chi connectivity index (χ4n) is 2.17. The second-order valence-corrected chi connectivity index (χ2v) is 5.43. The Morgan fingerprint density at radius 2 is 1.79 bits per heavy atom. The number of aliphatic hydroxyl groups excluding tert-OH is 1. The van der Waals surface area contributed by atoms with Crippen LogP contribution in [0.4, 0.5) is 0 Å². The largest absolute Gasteiger partial charge is 0.491 e. The molecule has 0 saturated carbocycles. The lowest BCUT2D eigenvalue weighted by Gasteiger charge is -2.14. The van der Waals surface area contributed by atoms with Gasteiger partial charge in [-0.1, -0.05) is 12.1 Å². The first-order valence-corrected chi connectivity index (χ1v) is 7.66. The molecule has 0 bridgehead atoms. The fourth-order valence-corrected chi connectivity index (χ4v) is 2.17. The van der Waals surface area contributed by atoms with E-state index in [4.69, 9.17) is 9.47 Å². The molecule has 0 aliphatic heterocycles. The molecule has 2 aromatic carbocycles. The van der Waals surface area contributed by atoms with Gasteiger partial charge < -0.3 is 14.6 Å². The Morgan fingerprint density at radius 1 is 1.04 bits per heavy atom. The van der Waals surface area contributed by atoms with Gasteiger partial charge in [0.15, 0.2) is 0 Å². The Morgan fingerprint density at radius 3 is 2.46 bits per heavy atom. The first-order valence-electron chi connectivity index (χ1n) is 7.66. The molecule has 0 radical (unpaired) electrons. The van der Waals surface area contributed by atoms with Gasteiger partial charge in [0.1, 0.15) is 43.5 Å². The van der Waals surface area contributed by atoms with Gasteiger partial charge >= 0.3 is 0 Å². The summed E-state index contributed by atoms with van der Waals surface area (Å²) in [6.07, 6.45) is 2.40. The Kier molecular flexibility index (Phi) is 5.08. The van der Waals surface area contributed by atoms with E-state index in [-0.39, 0.29) is 13.2 Å². The zero-order chi connectivity index (χ0) is 16.8. The SMILES string of the molecule is Cc1cccc(OCC(O)COc2ccc(-n3cncn3)cc2)c1. The van der Waals surface area contributed by atoms with E-state index in [9.17, 15) is 5.11 Å². The summed E-state index contributed by atoms with van der Waals surface area (Å²) in [6, 6.07) is 15.1. The highest BCUT2D eigenvalue weighted by atomic mass is 16.5. The third-order valence-corrected chi connectivity index (χ3v) is 3.39. The quantitative estimate of drug-likeness (QED) is 0.722. The first-order chi connectivity index (χ1) is 11.7. The molecular weight excluding hydrogens is 306 g/mol. The fraction of sp³-hybridized carbons (Fsp3) is 0.222. The van der Waals surface area contributed by atoms with Crippen molar-refractivity contribution in [1.29, 1.82) is 0 Å². The normalized spacial score (nSPS) is 11.9. The van der Waals surface area contributed by atoms with Gasteiger partial charge in [-0.2, -0.15) is 5.10 Å². The lowest BCUT2D eigenvalue weighted by Crippen LogP contribution is -2.25. The van der Waals surface area contributed by atoms with Gasteiger partial charge in [-0.05, 0) is 48.9 Å². The van der Waals surface area contributed by atoms with Gasteiger partial charge in [-0.3, -0.25) is 0 Å². The summed E-state index contributed by atoms with van der Waals surface area (Å²) in [6.45, 7) is 2.34. The topological polar surface area (TPSA) is 69.4 Å². The number of aromatic nitrogens is 3. The molecule has 0 aliphatic rings. The Balaban J connectivity index is 1.46. The molecular formula is C18H19N3O3. The summed E-state index contributed by atoms with van der Waals surface area (Å²) >= 11 is 0. The summed E-state index contributed by atoms with van der Waals surface area (Å²) < 4.78 is 12.8. The molecule has 1 unspecified atom stereocenters. The average Bonchev–Trinajstić information content (AvgIpc) is 3.13. The minimum atomic E-state index is -0.708. The molecule has 0 aliphatic carbocycles. The number of benzene rings is 2. The van der Waals surface area contributed by atoms with Crippen LogP contribution in [-0.2, 0) is 0 Å². The van der Waals surface area contributed by atoms with Crippen LogP contribution in [0.15, 0.2) is 61.2 Å². The zero-order valence-electron chi connectivity index (χ0n) is 13.4. The third-order valence-electron chi connectivity index (χ3n) is 3.39. The molecule has 3 aromatic rings. The maximum absolute atomic E-state index is 9.97. The standard InChI is InChI=1S/C18H19N3O3/c1-14-3-2-4-18(9-14)24-11-16(22)10-23-17-7-5-15(6-8-17)21-13-19-12-20-21/h2-9,12-13,16,22H,10-11H2,1H3. The van der Waals surface area contributed by atoms with Crippen molar-refractivity contribution in [1.82, 2.24) is 14.8 Å². The minimum Gasteiger partial charge on any atom is -0.491 e. The van der Waals surface area contributed by atoms with E-state index in [1.54, 1.807) is 11.0 Å². The molecule has 1 heterocycles. The number of aryl methyl sites for hydroxylation is 1. The van der Waals surface area contributed by atoms with E-state index in [1.165, 1.54) is 6.33 Å². The van der Waals surface area contributed by atoms with Crippen molar-refractivity contribution < 1.29 is 14.6 Å². The number of hydrogen-bond donors (Lipinski definition) is 1. The number of ether oxygens (including phenoxy) is 2. The van der Waals surface area contributed by atoms with E-state index >= 15 is 0 Å². The van der Waals surface area contributed by atoms with Crippen molar-refractivity contribution >= 4 is 0 Å². The van der Waals surface area contributed by atoms with Crippen molar-refractivity contribution in [2.24, 2.45) is 0 Å². The van der Waals surface area contributed by atoms with Gasteiger partial charge in [-0.25, -0.2) is 9.67 Å². The molecule has 1 aromatic heterocycles. The third kappa shape index (κ3) is 4.33. The average molecular weight is 325 g/mol. The van der Waals surface area contributed by atoms with Gasteiger partial charge in [-0.15, -0.1) is 0 Å². The van der Waals surface area contributed by atoms with Gasteiger partial charge in [0.2, 0.25) is 0 Å². The summed E-state index contributed by atoms with van der Waals surface area (Å²) in [7, 11) is 0. The highest BCUT2D eigenvalue weighted by Crippen LogP contribution is 2.15. The molecule has 6 heteroatoms. The summed E-state index contributed by atoms with van der Waals surface area (Å²) in [4.78, 5) is 3.90. The maximum atomic E-state index is 9.97. The molecule has 1 atom stereocenters. The Labute approximate surface area is 140 Å². The van der Waals surface area contributed by atoms with Crippen LogP contribution < -0.4 is 9.47 Å². The lowest BCUT2D eigenvalue weighted by molar-refractivity contribution is 0.0626. The molecule has 6 nitrogen and oxygen atoms in total. The number of aliphatic hydroxyl groups is 1. The molecule has 1 N–H and O–H groups in total. The van der Waals surface area contributed by atoms with Crippen LogP contribution in [0.3, 0.4) is 0 Å². The van der Waals surface area contributed by atoms with Crippen LogP contribution in [0.25, 0.3) is 5.69 Å². The van der Waals surface area contributed by atoms with E-state index < -0.39 is 6.10 Å². The lowest BCUT2D eigenvalue weighted by atomic mass is 10.2. The minimum absolute atomic E-state index is 0.161. The van der Waals surface area contributed by atoms with Crippen molar-refractivity contribution in [3.8, 4) is 17.2 Å². The second kappa shape index (κ2) is 7.61. The molecule has 0 fully saturated rings. The second-order valence-electron chi connectivity index (χ2n) is 5.43. The Hall–Kier alpha value is -2.86. The van der Waals surface area contributed by atoms with Gasteiger partial charge in [0.05, 0.1) is 5.69 Å². The van der Waals surface area contributed by atoms with E-state index in [1.807, 2.05) is 55.5 Å². The van der Waals surface area contributed by atoms with E-state index in [0.717, 1.165) is 17.0 Å². The molecule has 0 spiro atoms. The molecule has 124 valence electrons. The van der Waals surface area contributed by atoms with Gasteiger partial charge in [0.25, 0.3) is 0 Å². The number of rotatable bonds is 7. The van der Waals surface area contributed by atoms with E-state index in [2.05, 4.69) is 10.1 Å². The number of nitrogens with zero attached hydrogens (tertiary/aromatic N) is 3. The predicted molar refractivity (Wildman–Crippen MR) is 89.5 cm³/mol. The summed E-state index contributed by atoms with van der Waals surface area (Å²) in [5.74, 6) is 1.42. The van der Waals surface area contributed by atoms with Crippen LogP contribution >= 0.6 is 0 Å². The highest BCUT2D eigenvalue weighted by Gasteiger charge is 2.07. The molecule has 0 amide bonds. The molecule has 3 rings (SSSR count). The number of hydrogen-bond acceptors (Lipinski definition) is 5.